The Morgan fingerprint density at radius 2 is 1.55 bits per heavy atom. The van der Waals surface area contributed by atoms with Crippen LogP contribution in [0.5, 0.6) is 0 Å². The third kappa shape index (κ3) is 8.64. The zero-order valence-electron chi connectivity index (χ0n) is 18.3. The van der Waals surface area contributed by atoms with Crippen LogP contribution in [0.1, 0.15) is 29.8 Å². The number of anilines is 2. The van der Waals surface area contributed by atoms with Crippen LogP contribution in [0.25, 0.3) is 0 Å². The van der Waals surface area contributed by atoms with Crippen LogP contribution in [0.2, 0.25) is 0 Å². The molecule has 0 aliphatic heterocycles. The Morgan fingerprint density at radius 1 is 1.03 bits per heavy atom. The van der Waals surface area contributed by atoms with Crippen molar-refractivity contribution in [3.63, 3.8) is 0 Å². The van der Waals surface area contributed by atoms with Crippen molar-refractivity contribution >= 4 is 33.3 Å². The summed E-state index contributed by atoms with van der Waals surface area (Å²) in [4.78, 5) is 22.1. The molecule has 33 heavy (non-hydrogen) atoms. The molecule has 0 atom stereocenters. The van der Waals surface area contributed by atoms with Crippen molar-refractivity contribution in [3.05, 3.63) is 53.6 Å². The largest absolute Gasteiger partial charge is 0.490 e. The maximum absolute atomic E-state index is 12.6. The van der Waals surface area contributed by atoms with Gasteiger partial charge in [-0.3, -0.25) is 4.72 Å². The zero-order valence-corrected chi connectivity index (χ0v) is 19.2. The second-order valence-corrected chi connectivity index (χ2v) is 9.26. The van der Waals surface area contributed by atoms with Crippen molar-refractivity contribution in [3.8, 4) is 0 Å². The summed E-state index contributed by atoms with van der Waals surface area (Å²) in [6.07, 6.45) is -4.21. The molecule has 0 aliphatic carbocycles. The number of alkyl halides is 3. The number of carboxylic acid groups (broad SMARTS) is 2. The van der Waals surface area contributed by atoms with E-state index in [0.717, 1.165) is 12.0 Å². The first kappa shape index (κ1) is 27.8. The quantitative estimate of drug-likeness (QED) is 0.534. The Hall–Kier alpha value is -3.28. The highest BCUT2D eigenvalue weighted by Crippen LogP contribution is 2.25. The summed E-state index contributed by atoms with van der Waals surface area (Å²) in [6, 6.07) is 11.2. The van der Waals surface area contributed by atoms with Crippen LogP contribution >= 0.6 is 0 Å². The molecule has 0 saturated carbocycles. The van der Waals surface area contributed by atoms with E-state index in [1.165, 1.54) is 6.07 Å². The molecule has 2 aromatic carbocycles. The summed E-state index contributed by atoms with van der Waals surface area (Å²) >= 11 is 0. The first-order valence-electron chi connectivity index (χ1n) is 9.51. The standard InChI is InChI=1S/C19H24N2O4S.C2HF3O2/c1-13(2)11-14-5-8-16(9-6-14)26(24,25)20-15-7-10-18(21(3)4)17(12-15)19(22)23;3-2(4,5)1(6)7/h5-10,12-13,20H,11H2,1-4H3,(H,22,23);(H,6,7). The smallest absolute Gasteiger partial charge is 0.478 e. The van der Waals surface area contributed by atoms with Gasteiger partial charge in [0.2, 0.25) is 0 Å². The molecule has 0 spiro atoms. The van der Waals surface area contributed by atoms with Crippen LogP contribution in [-0.4, -0.2) is 50.8 Å². The zero-order chi connectivity index (χ0) is 25.6. The van der Waals surface area contributed by atoms with Gasteiger partial charge in [-0.25, -0.2) is 18.0 Å². The molecule has 0 aromatic heterocycles. The van der Waals surface area contributed by atoms with E-state index in [-0.39, 0.29) is 16.1 Å². The van der Waals surface area contributed by atoms with E-state index in [4.69, 9.17) is 9.90 Å². The molecule has 0 fully saturated rings. The minimum Gasteiger partial charge on any atom is -0.478 e. The average molecular weight is 491 g/mol. The maximum Gasteiger partial charge on any atom is 0.490 e. The van der Waals surface area contributed by atoms with E-state index < -0.39 is 28.1 Å². The van der Waals surface area contributed by atoms with E-state index in [1.54, 1.807) is 55.4 Å². The molecule has 0 saturated heterocycles. The highest BCUT2D eigenvalue weighted by atomic mass is 32.2. The van der Waals surface area contributed by atoms with Gasteiger partial charge < -0.3 is 15.1 Å². The van der Waals surface area contributed by atoms with Gasteiger partial charge in [0.05, 0.1) is 16.1 Å². The number of nitrogens with zero attached hydrogens (tertiary/aromatic N) is 1. The Bertz CT molecular complexity index is 1080. The highest BCUT2D eigenvalue weighted by Gasteiger charge is 2.38. The minimum atomic E-state index is -5.08. The first-order valence-corrected chi connectivity index (χ1v) is 11.0. The van der Waals surface area contributed by atoms with E-state index in [1.807, 2.05) is 0 Å². The molecular formula is C21H25F3N2O6S. The topological polar surface area (TPSA) is 124 Å². The fourth-order valence-electron chi connectivity index (χ4n) is 2.65. The molecule has 0 aliphatic rings. The van der Waals surface area contributed by atoms with Crippen molar-refractivity contribution in [2.24, 2.45) is 5.92 Å². The summed E-state index contributed by atoms with van der Waals surface area (Å²) in [5.41, 5.74) is 1.81. The SMILES string of the molecule is CC(C)Cc1ccc(S(=O)(=O)Nc2ccc(N(C)C)c(C(=O)O)c2)cc1.O=C(O)C(F)(F)F. The van der Waals surface area contributed by atoms with E-state index in [9.17, 15) is 31.5 Å². The van der Waals surface area contributed by atoms with Crippen LogP contribution in [0.4, 0.5) is 24.5 Å². The number of aliphatic carboxylic acids is 1. The second kappa shape index (κ2) is 11.0. The highest BCUT2D eigenvalue weighted by molar-refractivity contribution is 7.92. The van der Waals surface area contributed by atoms with Crippen LogP contribution in [-0.2, 0) is 21.2 Å². The Labute approximate surface area is 189 Å². The van der Waals surface area contributed by atoms with Crippen molar-refractivity contribution in [2.75, 3.05) is 23.7 Å². The molecular weight excluding hydrogens is 465 g/mol. The molecule has 0 heterocycles. The van der Waals surface area contributed by atoms with Crippen molar-refractivity contribution in [1.82, 2.24) is 0 Å². The number of rotatable bonds is 7. The molecule has 0 radical (unpaired) electrons. The Kier molecular flexibility index (Phi) is 9.28. The van der Waals surface area contributed by atoms with Crippen LogP contribution in [0.3, 0.4) is 0 Å². The molecule has 0 amide bonds. The number of hydrogen-bond acceptors (Lipinski definition) is 5. The van der Waals surface area contributed by atoms with Gasteiger partial charge in [0, 0.05) is 19.8 Å². The lowest BCUT2D eigenvalue weighted by Gasteiger charge is -2.17. The molecule has 12 heteroatoms. The number of halogens is 3. The summed E-state index contributed by atoms with van der Waals surface area (Å²) < 4.78 is 59.3. The monoisotopic (exact) mass is 490 g/mol. The van der Waals surface area contributed by atoms with Crippen LogP contribution in [0, 0.1) is 5.92 Å². The molecule has 8 nitrogen and oxygen atoms in total. The molecule has 3 N–H and O–H groups in total. The number of nitrogens with one attached hydrogen (secondary N) is 1. The predicted molar refractivity (Wildman–Crippen MR) is 117 cm³/mol. The van der Waals surface area contributed by atoms with Gasteiger partial charge in [-0.1, -0.05) is 26.0 Å². The summed E-state index contributed by atoms with van der Waals surface area (Å²) in [5, 5.41) is 16.5. The molecule has 0 bridgehead atoms. The van der Waals surface area contributed by atoms with Gasteiger partial charge in [0.15, 0.2) is 0 Å². The number of hydrogen-bond donors (Lipinski definition) is 3. The number of sulfonamides is 1. The van der Waals surface area contributed by atoms with Gasteiger partial charge in [-0.2, -0.15) is 13.2 Å². The third-order valence-electron chi connectivity index (χ3n) is 4.08. The first-order chi connectivity index (χ1) is 15.0. The number of carbonyl (C=O) groups is 2. The molecule has 2 rings (SSSR count). The van der Waals surface area contributed by atoms with E-state index in [2.05, 4.69) is 18.6 Å². The van der Waals surface area contributed by atoms with Gasteiger partial charge in [0.25, 0.3) is 10.0 Å². The van der Waals surface area contributed by atoms with Gasteiger partial charge in [-0.05, 0) is 48.2 Å². The van der Waals surface area contributed by atoms with Crippen LogP contribution < -0.4 is 9.62 Å². The maximum atomic E-state index is 12.6. The van der Waals surface area contributed by atoms with Crippen molar-refractivity contribution < 1.29 is 41.4 Å². The van der Waals surface area contributed by atoms with E-state index >= 15 is 0 Å². The Balaban J connectivity index is 0.000000675. The molecule has 0 unspecified atom stereocenters. The van der Waals surface area contributed by atoms with Gasteiger partial charge >= 0.3 is 18.1 Å². The molecule has 182 valence electrons. The number of aromatic carboxylic acids is 1. The number of benzene rings is 2. The average Bonchev–Trinajstić information content (AvgIpc) is 2.67. The normalized spacial score (nSPS) is 11.4. The fraction of sp³-hybridized carbons (Fsp3) is 0.333. The van der Waals surface area contributed by atoms with Crippen molar-refractivity contribution in [2.45, 2.75) is 31.3 Å². The summed E-state index contributed by atoms with van der Waals surface area (Å²) in [6.45, 7) is 4.20. The third-order valence-corrected chi connectivity index (χ3v) is 5.48. The van der Waals surface area contributed by atoms with Crippen molar-refractivity contribution in [1.29, 1.82) is 0 Å². The minimum absolute atomic E-state index is 0.0301. The predicted octanol–water partition coefficient (Wildman–Crippen LogP) is 4.08. The fourth-order valence-corrected chi connectivity index (χ4v) is 3.70. The van der Waals surface area contributed by atoms with Gasteiger partial charge in [-0.15, -0.1) is 0 Å². The second-order valence-electron chi connectivity index (χ2n) is 7.58. The summed E-state index contributed by atoms with van der Waals surface area (Å²) in [5.74, 6) is -3.39. The van der Waals surface area contributed by atoms with E-state index in [0.29, 0.717) is 11.6 Å². The lowest BCUT2D eigenvalue weighted by molar-refractivity contribution is -0.192. The lowest BCUT2D eigenvalue weighted by Crippen LogP contribution is -2.21. The lowest BCUT2D eigenvalue weighted by atomic mass is 10.0. The van der Waals surface area contributed by atoms with Crippen LogP contribution in [0.15, 0.2) is 47.4 Å². The molecule has 2 aromatic rings. The number of carboxylic acids is 2. The van der Waals surface area contributed by atoms with Gasteiger partial charge in [0.1, 0.15) is 0 Å². The summed E-state index contributed by atoms with van der Waals surface area (Å²) in [7, 11) is -0.338. The Morgan fingerprint density at radius 3 is 1.94 bits per heavy atom.